The maximum Gasteiger partial charge on any atom is 0.245 e. The minimum atomic E-state index is -0.333. The molecule has 3 aliphatic rings. The number of aromatic nitrogens is 4. The molecular formula is C49H54N8O2S. The van der Waals surface area contributed by atoms with Crippen LogP contribution >= 0.6 is 11.8 Å². The van der Waals surface area contributed by atoms with Gasteiger partial charge in [-0.2, -0.15) is 0 Å². The second-order valence-corrected chi connectivity index (χ2v) is 18.3. The number of carbonyl (C=O) groups is 2. The maximum absolute atomic E-state index is 14.0. The number of aromatic amines is 2. The van der Waals surface area contributed by atoms with Crippen molar-refractivity contribution in [3.8, 4) is 22.5 Å². The number of amides is 2. The van der Waals surface area contributed by atoms with E-state index in [1.807, 2.05) is 133 Å². The molecule has 10 nitrogen and oxygen atoms in total. The van der Waals surface area contributed by atoms with Gasteiger partial charge in [-0.25, -0.2) is 9.97 Å². The van der Waals surface area contributed by atoms with Gasteiger partial charge >= 0.3 is 0 Å². The summed E-state index contributed by atoms with van der Waals surface area (Å²) < 4.78 is 0. The van der Waals surface area contributed by atoms with Crippen molar-refractivity contribution in [1.82, 2.24) is 39.5 Å². The molecule has 308 valence electrons. The average molecular weight is 819 g/mol. The van der Waals surface area contributed by atoms with Crippen molar-refractivity contribution >= 4 is 23.6 Å². The molecule has 11 heteroatoms. The molecule has 6 aromatic rings. The van der Waals surface area contributed by atoms with Crippen LogP contribution in [0.15, 0.2) is 120 Å². The SMILES string of the molecule is CN(C)[C@@H](C(=O)N1CCC[C@H]1c1ncc(-c2ccc(CC3Cc4cc(-c5cnc([C@@H]6CCCN6C(=O)[C@@H](c6ccccc6)N(C)C)[nH]5)ccc4S3)cc2)[nH]1)c1ccccc1. The average Bonchev–Trinajstić information content (AvgIpc) is 4.11. The van der Waals surface area contributed by atoms with Crippen LogP contribution in [-0.4, -0.2) is 97.9 Å². The van der Waals surface area contributed by atoms with E-state index < -0.39 is 0 Å². The molecule has 3 aliphatic heterocycles. The highest BCUT2D eigenvalue weighted by molar-refractivity contribution is 8.00. The number of nitrogens with one attached hydrogen (secondary N) is 2. The topological polar surface area (TPSA) is 104 Å². The molecular weight excluding hydrogens is 765 g/mol. The third-order valence-corrected chi connectivity index (χ3v) is 13.8. The molecule has 5 atom stereocenters. The Bertz CT molecular complexity index is 2430. The van der Waals surface area contributed by atoms with E-state index in [0.717, 1.165) is 96.9 Å². The molecule has 5 heterocycles. The summed E-state index contributed by atoms with van der Waals surface area (Å²) in [6.45, 7) is 1.47. The number of thioether (sulfide) groups is 1. The molecule has 0 radical (unpaired) electrons. The van der Waals surface area contributed by atoms with Crippen LogP contribution in [0.4, 0.5) is 0 Å². The van der Waals surface area contributed by atoms with Gasteiger partial charge in [-0.1, -0.05) is 91.0 Å². The van der Waals surface area contributed by atoms with Crippen LogP contribution in [0.25, 0.3) is 22.5 Å². The number of likely N-dealkylation sites (N-methyl/N-ethyl adjacent to an activating group) is 2. The van der Waals surface area contributed by atoms with Crippen molar-refractivity contribution in [3.05, 3.63) is 149 Å². The molecule has 0 bridgehead atoms. The fourth-order valence-corrected chi connectivity index (χ4v) is 10.9. The normalized spacial score (nSPS) is 19.9. The number of nitrogens with zero attached hydrogens (tertiary/aromatic N) is 6. The Balaban J connectivity index is 0.826. The zero-order valence-corrected chi connectivity index (χ0v) is 35.7. The second kappa shape index (κ2) is 17.2. The van der Waals surface area contributed by atoms with E-state index in [0.29, 0.717) is 5.25 Å². The molecule has 2 aromatic heterocycles. The van der Waals surface area contributed by atoms with E-state index in [9.17, 15) is 9.59 Å². The van der Waals surface area contributed by atoms with E-state index >= 15 is 0 Å². The van der Waals surface area contributed by atoms with Crippen molar-refractivity contribution in [2.24, 2.45) is 0 Å². The largest absolute Gasteiger partial charge is 0.340 e. The Morgan fingerprint density at radius 1 is 0.683 bits per heavy atom. The summed E-state index contributed by atoms with van der Waals surface area (Å²) >= 11 is 1.96. The zero-order chi connectivity index (χ0) is 41.3. The van der Waals surface area contributed by atoms with Gasteiger partial charge in [0.2, 0.25) is 11.8 Å². The lowest BCUT2D eigenvalue weighted by Gasteiger charge is -2.31. The lowest BCUT2D eigenvalue weighted by atomic mass is 10.0. The van der Waals surface area contributed by atoms with E-state index in [1.165, 1.54) is 16.0 Å². The molecule has 60 heavy (non-hydrogen) atoms. The summed E-state index contributed by atoms with van der Waals surface area (Å²) in [6.07, 6.45) is 9.54. The summed E-state index contributed by atoms with van der Waals surface area (Å²) in [7, 11) is 7.88. The van der Waals surface area contributed by atoms with Gasteiger partial charge in [0.15, 0.2) is 0 Å². The van der Waals surface area contributed by atoms with Gasteiger partial charge in [0.1, 0.15) is 23.7 Å². The fraction of sp³-hybridized carbons (Fsp3) is 0.347. The Labute approximate surface area is 357 Å². The Morgan fingerprint density at radius 3 is 1.70 bits per heavy atom. The number of likely N-dealkylation sites (tertiary alicyclic amines) is 2. The number of carbonyl (C=O) groups excluding carboxylic acids is 2. The lowest BCUT2D eigenvalue weighted by Crippen LogP contribution is -2.40. The predicted molar refractivity (Wildman–Crippen MR) is 238 cm³/mol. The third kappa shape index (κ3) is 8.06. The highest BCUT2D eigenvalue weighted by atomic mass is 32.2. The number of hydrogen-bond acceptors (Lipinski definition) is 7. The first-order valence-electron chi connectivity index (χ1n) is 21.2. The van der Waals surface area contributed by atoms with Crippen molar-refractivity contribution in [3.63, 3.8) is 0 Å². The lowest BCUT2D eigenvalue weighted by molar-refractivity contribution is -0.138. The summed E-state index contributed by atoms with van der Waals surface area (Å²) in [6, 6.07) is 34.9. The smallest absolute Gasteiger partial charge is 0.245 e. The van der Waals surface area contributed by atoms with Gasteiger partial charge in [0.05, 0.1) is 35.9 Å². The molecule has 2 amide bonds. The molecule has 0 spiro atoms. The van der Waals surface area contributed by atoms with Crippen LogP contribution in [0.2, 0.25) is 0 Å². The van der Waals surface area contributed by atoms with Gasteiger partial charge in [-0.15, -0.1) is 11.8 Å². The monoisotopic (exact) mass is 818 g/mol. The summed E-state index contributed by atoms with van der Waals surface area (Å²) in [5, 5.41) is 0.456. The molecule has 1 unspecified atom stereocenters. The highest BCUT2D eigenvalue weighted by Gasteiger charge is 2.38. The first-order valence-corrected chi connectivity index (χ1v) is 22.1. The summed E-state index contributed by atoms with van der Waals surface area (Å²) in [5.74, 6) is 1.95. The zero-order valence-electron chi connectivity index (χ0n) is 34.9. The molecule has 0 saturated carbocycles. The molecule has 2 fully saturated rings. The number of rotatable bonds is 12. The highest BCUT2D eigenvalue weighted by Crippen LogP contribution is 2.42. The summed E-state index contributed by atoms with van der Waals surface area (Å²) in [4.78, 5) is 54.1. The van der Waals surface area contributed by atoms with E-state index in [4.69, 9.17) is 9.97 Å². The molecule has 9 rings (SSSR count). The summed E-state index contributed by atoms with van der Waals surface area (Å²) in [5.41, 5.74) is 8.87. The van der Waals surface area contributed by atoms with E-state index in [-0.39, 0.29) is 36.0 Å². The van der Waals surface area contributed by atoms with Gasteiger partial charge in [0.25, 0.3) is 0 Å². The van der Waals surface area contributed by atoms with Crippen LogP contribution in [0.1, 0.15) is 83.8 Å². The molecule has 0 aliphatic carbocycles. The second-order valence-electron chi connectivity index (χ2n) is 17.0. The number of imidazole rings is 2. The standard InChI is InChI=1S/C49H54N8O2S/c1-54(2)44(34-13-7-5-8-14-34)48(58)56-25-11-17-41(56)46-50-30-39(52-46)33-21-19-32(20-22-33)27-38-29-37-28-36(23-24-43(37)60-38)40-31-51-47(53-40)42-18-12-26-57(42)49(59)45(55(3)4)35-15-9-6-10-16-35/h5-10,13-16,19-24,28,30-31,38,41-42,44-45H,11-12,17-18,25-27,29H2,1-4H3,(H,50,52)(H,51,53)/t38?,41-,42-,44+,45+/m0/s1. The van der Waals surface area contributed by atoms with Crippen LogP contribution < -0.4 is 0 Å². The Kier molecular flexibility index (Phi) is 11.5. The first-order chi connectivity index (χ1) is 29.2. The predicted octanol–water partition coefficient (Wildman–Crippen LogP) is 8.66. The quantitative estimate of drug-likeness (QED) is 0.127. The van der Waals surface area contributed by atoms with Gasteiger partial charge in [0, 0.05) is 23.2 Å². The number of H-pyrrole nitrogens is 2. The van der Waals surface area contributed by atoms with Gasteiger partial charge in [-0.05, 0) is 112 Å². The number of hydrogen-bond donors (Lipinski definition) is 2. The van der Waals surface area contributed by atoms with Crippen LogP contribution in [0, 0.1) is 0 Å². The van der Waals surface area contributed by atoms with Crippen LogP contribution in [0.3, 0.4) is 0 Å². The van der Waals surface area contributed by atoms with Crippen molar-refractivity contribution in [1.29, 1.82) is 0 Å². The van der Waals surface area contributed by atoms with Gasteiger partial charge in [-0.3, -0.25) is 19.4 Å². The molecule has 2 N–H and O–H groups in total. The maximum atomic E-state index is 14.0. The van der Waals surface area contributed by atoms with Gasteiger partial charge < -0.3 is 19.8 Å². The van der Waals surface area contributed by atoms with Crippen molar-refractivity contribution in [2.75, 3.05) is 41.3 Å². The van der Waals surface area contributed by atoms with Crippen molar-refractivity contribution < 1.29 is 9.59 Å². The minimum Gasteiger partial charge on any atom is -0.340 e. The van der Waals surface area contributed by atoms with Crippen molar-refractivity contribution in [2.45, 2.75) is 72.8 Å². The van der Waals surface area contributed by atoms with E-state index in [1.54, 1.807) is 0 Å². The van der Waals surface area contributed by atoms with E-state index in [2.05, 4.69) is 52.4 Å². The van der Waals surface area contributed by atoms with Crippen LogP contribution in [0.5, 0.6) is 0 Å². The Hall–Kier alpha value is -5.49. The fourth-order valence-electron chi connectivity index (χ4n) is 9.53. The van der Waals surface area contributed by atoms with Crippen LogP contribution in [-0.2, 0) is 22.4 Å². The minimum absolute atomic E-state index is 0.0664. The number of fused-ring (bicyclic) bond motifs is 1. The first kappa shape index (κ1) is 39.9. The number of benzene rings is 4. The molecule has 2 saturated heterocycles. The third-order valence-electron chi connectivity index (χ3n) is 12.5. The molecule has 4 aromatic carbocycles. The Morgan fingerprint density at radius 2 is 1.18 bits per heavy atom.